The second kappa shape index (κ2) is 12.4. The monoisotopic (exact) mass is 638 g/mol. The van der Waals surface area contributed by atoms with Gasteiger partial charge in [-0.05, 0) is 52.9 Å². The summed E-state index contributed by atoms with van der Waals surface area (Å²) in [5.41, 5.74) is 4.54. The third-order valence-corrected chi connectivity index (χ3v) is 7.98. The van der Waals surface area contributed by atoms with E-state index in [4.69, 9.17) is 28.2 Å². The van der Waals surface area contributed by atoms with Crippen molar-refractivity contribution in [2.45, 2.75) is 25.9 Å². The number of fused-ring (bicyclic) bond motifs is 1. The lowest BCUT2D eigenvalue weighted by Crippen LogP contribution is -2.36. The molecule has 0 saturated heterocycles. The number of aromatic nitrogens is 2. The van der Waals surface area contributed by atoms with Crippen LogP contribution >= 0.6 is 39.1 Å². The fourth-order valence-electron chi connectivity index (χ4n) is 4.80. The van der Waals surface area contributed by atoms with Gasteiger partial charge in [0.1, 0.15) is 6.54 Å². The van der Waals surface area contributed by atoms with Crippen molar-refractivity contribution in [1.82, 2.24) is 14.9 Å². The van der Waals surface area contributed by atoms with Crippen molar-refractivity contribution in [3.8, 4) is 0 Å². The van der Waals surface area contributed by atoms with Gasteiger partial charge in [0.15, 0.2) is 0 Å². The van der Waals surface area contributed by atoms with Gasteiger partial charge in [0.25, 0.3) is 5.91 Å². The average Bonchev–Trinajstić information content (AvgIpc) is 2.94. The number of carboxylic acids is 1. The van der Waals surface area contributed by atoms with Gasteiger partial charge in [-0.15, -0.1) is 0 Å². The van der Waals surface area contributed by atoms with Gasteiger partial charge >= 0.3 is 5.97 Å². The van der Waals surface area contributed by atoms with Crippen molar-refractivity contribution >= 4 is 57.0 Å². The van der Waals surface area contributed by atoms with Gasteiger partial charge in [0.2, 0.25) is 5.95 Å². The predicted molar refractivity (Wildman–Crippen MR) is 159 cm³/mol. The highest BCUT2D eigenvalue weighted by molar-refractivity contribution is 9.10. The summed E-state index contributed by atoms with van der Waals surface area (Å²) in [6, 6.07) is 20.9. The molecule has 204 valence electrons. The molecule has 7 nitrogen and oxygen atoms in total. The Kier molecular flexibility index (Phi) is 8.69. The molecule has 4 aromatic rings. The van der Waals surface area contributed by atoms with Crippen LogP contribution in [0.5, 0.6) is 0 Å². The summed E-state index contributed by atoms with van der Waals surface area (Å²) in [6.45, 7) is 0.984. The number of amides is 1. The smallest absolute Gasteiger partial charge is 0.323 e. The largest absolute Gasteiger partial charge is 0.480 e. The predicted octanol–water partition coefficient (Wildman–Crippen LogP) is 6.43. The van der Waals surface area contributed by atoms with Gasteiger partial charge in [-0.25, -0.2) is 9.97 Å². The van der Waals surface area contributed by atoms with E-state index in [0.29, 0.717) is 33.8 Å². The number of hydrogen-bond donors (Lipinski definition) is 1. The Morgan fingerprint density at radius 3 is 2.45 bits per heavy atom. The molecule has 5 rings (SSSR count). The molecule has 0 fully saturated rings. The summed E-state index contributed by atoms with van der Waals surface area (Å²) in [7, 11) is 0. The Hall–Kier alpha value is -3.46. The van der Waals surface area contributed by atoms with E-state index in [1.54, 1.807) is 18.2 Å². The third kappa shape index (κ3) is 6.46. The van der Waals surface area contributed by atoms with Gasteiger partial charge in [-0.3, -0.25) is 9.59 Å². The summed E-state index contributed by atoms with van der Waals surface area (Å²) >= 11 is 16.4. The molecule has 0 atom stereocenters. The van der Waals surface area contributed by atoms with Crippen LogP contribution in [-0.2, 0) is 30.7 Å². The van der Waals surface area contributed by atoms with Gasteiger partial charge in [0, 0.05) is 46.8 Å². The molecule has 40 heavy (non-hydrogen) atoms. The Balaban J connectivity index is 1.53. The molecule has 0 radical (unpaired) electrons. The highest BCUT2D eigenvalue weighted by atomic mass is 79.9. The molecule has 3 aromatic carbocycles. The number of hydrogen-bond acceptors (Lipinski definition) is 5. The van der Waals surface area contributed by atoms with Gasteiger partial charge < -0.3 is 14.9 Å². The van der Waals surface area contributed by atoms with Gasteiger partial charge in [0.05, 0.1) is 11.3 Å². The molecule has 1 aromatic heterocycles. The van der Waals surface area contributed by atoms with E-state index in [0.717, 1.165) is 23.0 Å². The van der Waals surface area contributed by atoms with Crippen LogP contribution in [0.1, 0.15) is 38.3 Å². The van der Waals surface area contributed by atoms with E-state index in [2.05, 4.69) is 37.9 Å². The second-order valence-corrected chi connectivity index (χ2v) is 11.3. The standard InChI is InChI=1S/C30H25BrCl2N4O3/c31-22-8-3-5-19(13-22)16-37(18-28(38)39)29(40)24-15-34-30(36-12-11-20-6-1-2-7-21(20)17-36)35-27(24)14-23-25(32)9-4-10-26(23)33/h1-10,13,15H,11-12,14,16-18H2,(H,38,39). The maximum Gasteiger partial charge on any atom is 0.323 e. The van der Waals surface area contributed by atoms with Crippen molar-refractivity contribution < 1.29 is 14.7 Å². The lowest BCUT2D eigenvalue weighted by molar-refractivity contribution is -0.137. The number of rotatable bonds is 8. The minimum atomic E-state index is -1.12. The number of carbonyl (C=O) groups is 2. The zero-order valence-corrected chi connectivity index (χ0v) is 24.5. The molecule has 10 heteroatoms. The molecule has 1 aliphatic heterocycles. The first-order valence-corrected chi connectivity index (χ1v) is 14.2. The number of benzene rings is 3. The van der Waals surface area contributed by atoms with Crippen molar-refractivity contribution in [1.29, 1.82) is 0 Å². The fourth-order valence-corrected chi connectivity index (χ4v) is 5.77. The third-order valence-electron chi connectivity index (χ3n) is 6.78. The number of aliphatic carboxylic acids is 1. The van der Waals surface area contributed by atoms with Crippen LogP contribution in [0.2, 0.25) is 10.0 Å². The molecule has 1 N–H and O–H groups in total. The lowest BCUT2D eigenvalue weighted by Gasteiger charge is -2.29. The molecular formula is C30H25BrCl2N4O3. The van der Waals surface area contributed by atoms with E-state index >= 15 is 0 Å². The minimum absolute atomic E-state index is 0.0987. The van der Waals surface area contributed by atoms with Crippen LogP contribution < -0.4 is 4.90 Å². The van der Waals surface area contributed by atoms with E-state index in [9.17, 15) is 14.7 Å². The van der Waals surface area contributed by atoms with E-state index in [-0.39, 0.29) is 18.5 Å². The van der Waals surface area contributed by atoms with Crippen molar-refractivity contribution in [2.75, 3.05) is 18.0 Å². The quantitative estimate of drug-likeness (QED) is 0.239. The maximum atomic E-state index is 13.9. The normalized spacial score (nSPS) is 12.6. The summed E-state index contributed by atoms with van der Waals surface area (Å²) in [5, 5.41) is 10.5. The molecular weight excluding hydrogens is 615 g/mol. The van der Waals surface area contributed by atoms with Crippen molar-refractivity contribution in [2.24, 2.45) is 0 Å². The number of carbonyl (C=O) groups excluding carboxylic acids is 1. The molecule has 1 amide bonds. The van der Waals surface area contributed by atoms with Crippen LogP contribution in [0.4, 0.5) is 5.95 Å². The Labute approximate surface area is 250 Å². The number of nitrogens with zero attached hydrogens (tertiary/aromatic N) is 4. The first kappa shape index (κ1) is 28.1. The molecule has 1 aliphatic rings. The van der Waals surface area contributed by atoms with Crippen molar-refractivity contribution in [3.05, 3.63) is 121 Å². The lowest BCUT2D eigenvalue weighted by atomic mass is 10.0. The fraction of sp³-hybridized carbons (Fsp3) is 0.200. The molecule has 0 saturated carbocycles. The van der Waals surface area contributed by atoms with E-state index in [1.807, 2.05) is 36.4 Å². The van der Waals surface area contributed by atoms with Crippen LogP contribution in [0.3, 0.4) is 0 Å². The molecule has 0 unspecified atom stereocenters. The average molecular weight is 640 g/mol. The first-order chi connectivity index (χ1) is 19.3. The zero-order valence-electron chi connectivity index (χ0n) is 21.4. The zero-order chi connectivity index (χ0) is 28.2. The van der Waals surface area contributed by atoms with Gasteiger partial charge in [-0.1, -0.05) is 81.6 Å². The number of halogens is 3. The molecule has 0 bridgehead atoms. The summed E-state index contributed by atoms with van der Waals surface area (Å²) < 4.78 is 0.831. The second-order valence-electron chi connectivity index (χ2n) is 9.53. The highest BCUT2D eigenvalue weighted by Crippen LogP contribution is 2.29. The molecule has 0 spiro atoms. The Morgan fingerprint density at radius 2 is 1.73 bits per heavy atom. The van der Waals surface area contributed by atoms with Crippen molar-refractivity contribution in [3.63, 3.8) is 0 Å². The van der Waals surface area contributed by atoms with Gasteiger partial charge in [-0.2, -0.15) is 0 Å². The summed E-state index contributed by atoms with van der Waals surface area (Å²) in [6.07, 6.45) is 2.52. The molecule has 2 heterocycles. The van der Waals surface area contributed by atoms with Crippen LogP contribution in [-0.4, -0.2) is 44.9 Å². The topological polar surface area (TPSA) is 86.6 Å². The minimum Gasteiger partial charge on any atom is -0.480 e. The van der Waals surface area contributed by atoms with Crippen LogP contribution in [0.25, 0.3) is 0 Å². The number of carboxylic acid groups (broad SMARTS) is 1. The van der Waals surface area contributed by atoms with Crippen LogP contribution in [0, 0.1) is 0 Å². The SMILES string of the molecule is O=C(O)CN(Cc1cccc(Br)c1)C(=O)c1cnc(N2CCc3ccccc3C2)nc1Cc1c(Cl)cccc1Cl. The van der Waals surface area contributed by atoms with Crippen LogP contribution in [0.15, 0.2) is 77.4 Å². The number of anilines is 1. The Bertz CT molecular complexity index is 1560. The first-order valence-electron chi connectivity index (χ1n) is 12.6. The molecule has 0 aliphatic carbocycles. The maximum absolute atomic E-state index is 13.9. The summed E-state index contributed by atoms with van der Waals surface area (Å²) in [4.78, 5) is 38.4. The highest BCUT2D eigenvalue weighted by Gasteiger charge is 2.26. The van der Waals surface area contributed by atoms with E-state index < -0.39 is 18.4 Å². The van der Waals surface area contributed by atoms with E-state index in [1.165, 1.54) is 22.2 Å². The Morgan fingerprint density at radius 1 is 1.00 bits per heavy atom. The summed E-state index contributed by atoms with van der Waals surface area (Å²) in [5.74, 6) is -1.12.